The third kappa shape index (κ3) is 4.26. The average Bonchev–Trinajstić information content (AvgIpc) is 3.15. The average molecular weight is 387 g/mol. The van der Waals surface area contributed by atoms with Crippen LogP contribution in [0.3, 0.4) is 0 Å². The second-order valence-electron chi connectivity index (χ2n) is 6.62. The molecule has 2 heterocycles. The van der Waals surface area contributed by atoms with Gasteiger partial charge in [-0.3, -0.25) is 4.79 Å². The number of benzene rings is 2. The molecule has 2 aromatic carbocycles. The standard InChI is InChI=1S/C21H22N2O3.ClH/c1-15-13-22-10-11-23(15)21(24)20-9-8-19(26-20)14-25-18-7-6-16-4-2-3-5-17(16)12-18;/h2-9,12,15,22H,10-11,13-14H2,1H3;1H/t15-;/m1./s1. The van der Waals surface area contributed by atoms with Gasteiger partial charge in [-0.15, -0.1) is 12.4 Å². The quantitative estimate of drug-likeness (QED) is 0.739. The van der Waals surface area contributed by atoms with Crippen molar-refractivity contribution in [2.24, 2.45) is 0 Å². The Balaban J connectivity index is 0.00000210. The van der Waals surface area contributed by atoms with Crippen molar-refractivity contribution in [3.63, 3.8) is 0 Å². The predicted molar refractivity (Wildman–Crippen MR) is 108 cm³/mol. The molecule has 0 aliphatic carbocycles. The molecule has 1 aromatic heterocycles. The maximum atomic E-state index is 12.6. The molecule has 27 heavy (non-hydrogen) atoms. The summed E-state index contributed by atoms with van der Waals surface area (Å²) in [6.07, 6.45) is 0. The molecule has 1 atom stereocenters. The fourth-order valence-corrected chi connectivity index (χ4v) is 3.27. The van der Waals surface area contributed by atoms with Crippen molar-refractivity contribution in [3.8, 4) is 5.75 Å². The topological polar surface area (TPSA) is 54.7 Å². The minimum absolute atomic E-state index is 0. The van der Waals surface area contributed by atoms with E-state index in [1.807, 2.05) is 42.2 Å². The van der Waals surface area contributed by atoms with E-state index < -0.39 is 0 Å². The lowest BCUT2D eigenvalue weighted by Crippen LogP contribution is -2.52. The minimum Gasteiger partial charge on any atom is -0.486 e. The number of rotatable bonds is 4. The molecule has 0 unspecified atom stereocenters. The monoisotopic (exact) mass is 386 g/mol. The molecule has 0 saturated carbocycles. The molecule has 0 radical (unpaired) electrons. The highest BCUT2D eigenvalue weighted by Crippen LogP contribution is 2.22. The largest absolute Gasteiger partial charge is 0.486 e. The zero-order valence-electron chi connectivity index (χ0n) is 15.2. The van der Waals surface area contributed by atoms with Crippen LogP contribution in [0.25, 0.3) is 10.8 Å². The van der Waals surface area contributed by atoms with Gasteiger partial charge < -0.3 is 19.4 Å². The van der Waals surface area contributed by atoms with Crippen LogP contribution < -0.4 is 10.1 Å². The van der Waals surface area contributed by atoms with Gasteiger partial charge in [-0.05, 0) is 42.0 Å². The molecule has 142 valence electrons. The lowest BCUT2D eigenvalue weighted by Gasteiger charge is -2.33. The number of carbonyl (C=O) groups is 1. The summed E-state index contributed by atoms with van der Waals surface area (Å²) in [5, 5.41) is 5.59. The van der Waals surface area contributed by atoms with E-state index in [-0.39, 0.29) is 24.4 Å². The van der Waals surface area contributed by atoms with Gasteiger partial charge >= 0.3 is 0 Å². The van der Waals surface area contributed by atoms with Crippen molar-refractivity contribution in [3.05, 3.63) is 66.1 Å². The van der Waals surface area contributed by atoms with E-state index in [2.05, 4.69) is 17.4 Å². The zero-order valence-corrected chi connectivity index (χ0v) is 16.0. The molecule has 1 amide bonds. The molecule has 1 aliphatic heterocycles. The van der Waals surface area contributed by atoms with Crippen LogP contribution in [0, 0.1) is 0 Å². The maximum absolute atomic E-state index is 12.6. The highest BCUT2D eigenvalue weighted by Gasteiger charge is 2.26. The van der Waals surface area contributed by atoms with Crippen LogP contribution in [0.4, 0.5) is 0 Å². The van der Waals surface area contributed by atoms with Crippen molar-refractivity contribution in [2.75, 3.05) is 19.6 Å². The van der Waals surface area contributed by atoms with Crippen LogP contribution in [-0.2, 0) is 6.61 Å². The van der Waals surface area contributed by atoms with E-state index in [4.69, 9.17) is 9.15 Å². The van der Waals surface area contributed by atoms with Crippen molar-refractivity contribution in [1.29, 1.82) is 0 Å². The van der Waals surface area contributed by atoms with Crippen molar-refractivity contribution >= 4 is 29.1 Å². The van der Waals surface area contributed by atoms with Crippen LogP contribution in [0.15, 0.2) is 59.0 Å². The number of ether oxygens (including phenoxy) is 1. The van der Waals surface area contributed by atoms with Crippen molar-refractivity contribution in [1.82, 2.24) is 10.2 Å². The van der Waals surface area contributed by atoms with Gasteiger partial charge in [0.1, 0.15) is 18.1 Å². The second kappa shape index (κ2) is 8.46. The number of hydrogen-bond acceptors (Lipinski definition) is 4. The van der Waals surface area contributed by atoms with E-state index in [0.29, 0.717) is 24.7 Å². The van der Waals surface area contributed by atoms with Gasteiger partial charge in [0.05, 0.1) is 0 Å². The molecule has 1 aliphatic rings. The van der Waals surface area contributed by atoms with Gasteiger partial charge in [-0.25, -0.2) is 0 Å². The summed E-state index contributed by atoms with van der Waals surface area (Å²) in [5.41, 5.74) is 0. The molecule has 0 bridgehead atoms. The number of piperazine rings is 1. The van der Waals surface area contributed by atoms with Crippen LogP contribution in [-0.4, -0.2) is 36.5 Å². The Hall–Kier alpha value is -2.50. The summed E-state index contributed by atoms with van der Waals surface area (Å²) < 4.78 is 11.6. The van der Waals surface area contributed by atoms with Gasteiger partial charge in [-0.1, -0.05) is 30.3 Å². The molecule has 4 rings (SSSR count). The Bertz CT molecular complexity index is 924. The summed E-state index contributed by atoms with van der Waals surface area (Å²) in [7, 11) is 0. The highest BCUT2D eigenvalue weighted by molar-refractivity contribution is 5.91. The lowest BCUT2D eigenvalue weighted by molar-refractivity contribution is 0.0619. The number of amides is 1. The predicted octanol–water partition coefficient (Wildman–Crippen LogP) is 3.87. The number of furan rings is 1. The normalized spacial score (nSPS) is 16.8. The molecule has 5 nitrogen and oxygen atoms in total. The van der Waals surface area contributed by atoms with Gasteiger partial charge in [0, 0.05) is 25.7 Å². The van der Waals surface area contributed by atoms with Gasteiger partial charge in [0.25, 0.3) is 5.91 Å². The first-order valence-corrected chi connectivity index (χ1v) is 8.93. The smallest absolute Gasteiger partial charge is 0.289 e. The molecular formula is C21H23ClN2O3. The molecule has 6 heteroatoms. The lowest BCUT2D eigenvalue weighted by atomic mass is 10.1. The van der Waals surface area contributed by atoms with Crippen LogP contribution in [0.5, 0.6) is 5.75 Å². The minimum atomic E-state index is -0.0593. The summed E-state index contributed by atoms with van der Waals surface area (Å²) in [6.45, 7) is 4.65. The van der Waals surface area contributed by atoms with Gasteiger partial charge in [-0.2, -0.15) is 0 Å². The van der Waals surface area contributed by atoms with Gasteiger partial charge in [0.2, 0.25) is 0 Å². The Morgan fingerprint density at radius 1 is 1.19 bits per heavy atom. The number of nitrogens with one attached hydrogen (secondary N) is 1. The van der Waals surface area contributed by atoms with Crippen LogP contribution in [0.2, 0.25) is 0 Å². The van der Waals surface area contributed by atoms with Crippen molar-refractivity contribution in [2.45, 2.75) is 19.6 Å². The third-order valence-electron chi connectivity index (χ3n) is 4.74. The Morgan fingerprint density at radius 2 is 2.00 bits per heavy atom. The number of nitrogens with zero attached hydrogens (tertiary/aromatic N) is 1. The Labute approximate surface area is 164 Å². The summed E-state index contributed by atoms with van der Waals surface area (Å²) in [4.78, 5) is 14.5. The number of fused-ring (bicyclic) bond motifs is 1. The third-order valence-corrected chi connectivity index (χ3v) is 4.74. The van der Waals surface area contributed by atoms with E-state index >= 15 is 0 Å². The summed E-state index contributed by atoms with van der Waals surface area (Å²) >= 11 is 0. The Kier molecular flexibility index (Phi) is 6.04. The fraction of sp³-hybridized carbons (Fsp3) is 0.286. The first-order valence-electron chi connectivity index (χ1n) is 8.93. The number of halogens is 1. The first-order chi connectivity index (χ1) is 12.7. The second-order valence-corrected chi connectivity index (χ2v) is 6.62. The molecule has 1 saturated heterocycles. The molecule has 3 aromatic rings. The highest BCUT2D eigenvalue weighted by atomic mass is 35.5. The molecule has 0 spiro atoms. The van der Waals surface area contributed by atoms with Gasteiger partial charge in [0.15, 0.2) is 5.76 Å². The SMILES string of the molecule is C[C@@H]1CNCCN1C(=O)c1ccc(COc2ccc3ccccc3c2)o1.Cl. The number of hydrogen-bond donors (Lipinski definition) is 1. The van der Waals surface area contributed by atoms with Crippen molar-refractivity contribution < 1.29 is 13.9 Å². The first kappa shape index (κ1) is 19.3. The molecular weight excluding hydrogens is 364 g/mol. The maximum Gasteiger partial charge on any atom is 0.289 e. The van der Waals surface area contributed by atoms with E-state index in [1.54, 1.807) is 12.1 Å². The Morgan fingerprint density at radius 3 is 2.81 bits per heavy atom. The number of carbonyl (C=O) groups excluding carboxylic acids is 1. The van der Waals surface area contributed by atoms with Crippen LogP contribution >= 0.6 is 12.4 Å². The zero-order chi connectivity index (χ0) is 17.9. The summed E-state index contributed by atoms with van der Waals surface area (Å²) in [6, 6.07) is 17.8. The molecule has 1 fully saturated rings. The molecule has 1 N–H and O–H groups in total. The summed E-state index contributed by atoms with van der Waals surface area (Å²) in [5.74, 6) is 1.74. The van der Waals surface area contributed by atoms with E-state index in [1.165, 1.54) is 5.39 Å². The van der Waals surface area contributed by atoms with E-state index in [9.17, 15) is 4.79 Å². The van der Waals surface area contributed by atoms with E-state index in [0.717, 1.165) is 24.2 Å². The van der Waals surface area contributed by atoms with Crippen LogP contribution in [0.1, 0.15) is 23.2 Å². The fourth-order valence-electron chi connectivity index (χ4n) is 3.27.